The fraction of sp³-hybridized carbons (Fsp3) is 0.292. The second kappa shape index (κ2) is 6.99. The average molecular weight is 389 g/mol. The fourth-order valence-electron chi connectivity index (χ4n) is 4.18. The Morgan fingerprint density at radius 3 is 2.52 bits per heavy atom. The van der Waals surface area contributed by atoms with Crippen molar-refractivity contribution in [1.82, 2.24) is 4.98 Å². The molecule has 1 heterocycles. The molecule has 0 bridgehead atoms. The number of pyridine rings is 1. The lowest BCUT2D eigenvalue weighted by Gasteiger charge is -2.31. The molecule has 0 aliphatic heterocycles. The van der Waals surface area contributed by atoms with E-state index < -0.39 is 5.97 Å². The second-order valence-electron chi connectivity index (χ2n) is 8.17. The number of benzene rings is 2. The van der Waals surface area contributed by atoms with Gasteiger partial charge in [-0.3, -0.25) is 4.79 Å². The van der Waals surface area contributed by atoms with Crippen LogP contribution in [-0.4, -0.2) is 31.0 Å². The summed E-state index contributed by atoms with van der Waals surface area (Å²) in [5.74, 6) is 0.153. The molecule has 3 aromatic rings. The van der Waals surface area contributed by atoms with Crippen molar-refractivity contribution in [2.75, 3.05) is 14.2 Å². The number of fused-ring (bicyclic) bond motifs is 2. The molecule has 148 valence electrons. The molecule has 0 fully saturated rings. The zero-order valence-electron chi connectivity index (χ0n) is 17.0. The SMILES string of the molecule is COC(=O)c1cc(-c2c(OC)ccc3ccccc23)c2c(n1)CC(C)(C)CC2=O. The van der Waals surface area contributed by atoms with E-state index in [-0.39, 0.29) is 16.9 Å². The van der Waals surface area contributed by atoms with Crippen molar-refractivity contribution in [2.45, 2.75) is 26.7 Å². The van der Waals surface area contributed by atoms with Crippen molar-refractivity contribution < 1.29 is 19.1 Å². The molecule has 0 saturated carbocycles. The lowest BCUT2D eigenvalue weighted by molar-refractivity contribution is 0.0592. The number of hydrogen-bond acceptors (Lipinski definition) is 5. The van der Waals surface area contributed by atoms with E-state index in [0.717, 1.165) is 16.3 Å². The van der Waals surface area contributed by atoms with Crippen LogP contribution in [0.4, 0.5) is 0 Å². The van der Waals surface area contributed by atoms with Crippen molar-refractivity contribution in [3.05, 3.63) is 59.4 Å². The topological polar surface area (TPSA) is 65.5 Å². The molecule has 0 atom stereocenters. The van der Waals surface area contributed by atoms with Gasteiger partial charge in [0.2, 0.25) is 0 Å². The highest BCUT2D eigenvalue weighted by Crippen LogP contribution is 2.43. The molecule has 29 heavy (non-hydrogen) atoms. The lowest BCUT2D eigenvalue weighted by atomic mass is 9.73. The molecular formula is C24H23NO4. The second-order valence-corrected chi connectivity index (χ2v) is 8.17. The molecule has 0 amide bonds. The number of ketones is 1. The van der Waals surface area contributed by atoms with Crippen molar-refractivity contribution >= 4 is 22.5 Å². The van der Waals surface area contributed by atoms with Crippen LogP contribution in [0.3, 0.4) is 0 Å². The number of Topliss-reactive ketones (excluding diaryl/α,β-unsaturated/α-hetero) is 1. The van der Waals surface area contributed by atoms with E-state index in [4.69, 9.17) is 9.47 Å². The first-order valence-corrected chi connectivity index (χ1v) is 9.56. The highest BCUT2D eigenvalue weighted by Gasteiger charge is 2.35. The quantitative estimate of drug-likeness (QED) is 0.599. The Hall–Kier alpha value is -3.21. The number of aromatic nitrogens is 1. The number of nitrogens with zero attached hydrogens (tertiary/aromatic N) is 1. The van der Waals surface area contributed by atoms with E-state index in [9.17, 15) is 9.59 Å². The van der Waals surface area contributed by atoms with Gasteiger partial charge in [-0.05, 0) is 34.7 Å². The monoisotopic (exact) mass is 389 g/mol. The number of esters is 1. The Morgan fingerprint density at radius 1 is 1.03 bits per heavy atom. The van der Waals surface area contributed by atoms with Crippen molar-refractivity contribution in [1.29, 1.82) is 0 Å². The van der Waals surface area contributed by atoms with Crippen molar-refractivity contribution in [3.63, 3.8) is 0 Å². The van der Waals surface area contributed by atoms with Gasteiger partial charge in [-0.2, -0.15) is 0 Å². The first-order chi connectivity index (χ1) is 13.8. The summed E-state index contributed by atoms with van der Waals surface area (Å²) in [6.45, 7) is 4.08. The maximum absolute atomic E-state index is 13.2. The first kappa shape index (κ1) is 19.1. The Labute approximate surface area is 169 Å². The number of ether oxygens (including phenoxy) is 2. The largest absolute Gasteiger partial charge is 0.496 e. The van der Waals surface area contributed by atoms with Gasteiger partial charge in [-0.25, -0.2) is 9.78 Å². The number of rotatable bonds is 3. The van der Waals surface area contributed by atoms with Gasteiger partial charge in [0.25, 0.3) is 0 Å². The maximum Gasteiger partial charge on any atom is 0.356 e. The van der Waals surface area contributed by atoms with Crippen molar-refractivity contribution in [3.8, 4) is 16.9 Å². The lowest BCUT2D eigenvalue weighted by Crippen LogP contribution is -2.29. The Balaban J connectivity index is 2.11. The van der Waals surface area contributed by atoms with Crippen LogP contribution in [0.1, 0.15) is 46.8 Å². The number of methoxy groups -OCH3 is 2. The van der Waals surface area contributed by atoms with Gasteiger partial charge >= 0.3 is 5.97 Å². The number of hydrogen-bond donors (Lipinski definition) is 0. The summed E-state index contributed by atoms with van der Waals surface area (Å²) >= 11 is 0. The molecule has 5 heteroatoms. The maximum atomic E-state index is 13.2. The molecule has 0 saturated heterocycles. The summed E-state index contributed by atoms with van der Waals surface area (Å²) in [5, 5.41) is 1.98. The van der Waals surface area contributed by atoms with Crippen LogP contribution in [0, 0.1) is 5.41 Å². The molecule has 5 nitrogen and oxygen atoms in total. The molecular weight excluding hydrogens is 366 g/mol. The minimum absolute atomic E-state index is 0.0325. The summed E-state index contributed by atoms with van der Waals surface area (Å²) in [6, 6.07) is 13.5. The van der Waals surface area contributed by atoms with Crippen LogP contribution in [0.5, 0.6) is 5.75 Å². The van der Waals surface area contributed by atoms with E-state index >= 15 is 0 Å². The average Bonchev–Trinajstić information content (AvgIpc) is 2.70. The van der Waals surface area contributed by atoms with Crippen LogP contribution < -0.4 is 4.74 Å². The Bertz CT molecular complexity index is 1150. The third-order valence-electron chi connectivity index (χ3n) is 5.43. The van der Waals surface area contributed by atoms with Crippen LogP contribution in [-0.2, 0) is 11.2 Å². The smallest absolute Gasteiger partial charge is 0.356 e. The van der Waals surface area contributed by atoms with Crippen LogP contribution in [0.25, 0.3) is 21.9 Å². The van der Waals surface area contributed by atoms with Crippen LogP contribution >= 0.6 is 0 Å². The van der Waals surface area contributed by atoms with E-state index in [1.165, 1.54) is 7.11 Å². The standard InChI is InChI=1S/C24H23NO4/c1-24(2)12-18-22(19(26)13-24)16(11-17(25-18)23(27)29-4)21-15-8-6-5-7-14(15)9-10-20(21)28-3/h5-11H,12-13H2,1-4H3. The van der Waals surface area contributed by atoms with Gasteiger partial charge in [0.1, 0.15) is 11.4 Å². The van der Waals surface area contributed by atoms with Gasteiger partial charge < -0.3 is 9.47 Å². The molecule has 2 aromatic carbocycles. The molecule has 0 unspecified atom stereocenters. The number of carbonyl (C=O) groups is 2. The minimum Gasteiger partial charge on any atom is -0.496 e. The first-order valence-electron chi connectivity index (χ1n) is 9.56. The normalized spacial score (nSPS) is 15.1. The van der Waals surface area contributed by atoms with Gasteiger partial charge in [0.05, 0.1) is 19.9 Å². The van der Waals surface area contributed by atoms with Gasteiger partial charge in [0.15, 0.2) is 5.78 Å². The molecule has 0 radical (unpaired) electrons. The van der Waals surface area contributed by atoms with Crippen LogP contribution in [0.15, 0.2) is 42.5 Å². The zero-order valence-corrected chi connectivity index (χ0v) is 17.0. The third kappa shape index (κ3) is 3.27. The summed E-state index contributed by atoms with van der Waals surface area (Å²) in [7, 11) is 2.93. The van der Waals surface area contributed by atoms with E-state index in [0.29, 0.717) is 35.4 Å². The molecule has 4 rings (SSSR count). The molecule has 1 aliphatic rings. The molecule has 0 N–H and O–H groups in total. The summed E-state index contributed by atoms with van der Waals surface area (Å²) < 4.78 is 10.6. The summed E-state index contributed by atoms with van der Waals surface area (Å²) in [5.41, 5.74) is 2.66. The minimum atomic E-state index is -0.524. The van der Waals surface area contributed by atoms with Gasteiger partial charge in [-0.1, -0.05) is 44.2 Å². The fourth-order valence-corrected chi connectivity index (χ4v) is 4.18. The summed E-state index contributed by atoms with van der Waals surface area (Å²) in [4.78, 5) is 30.0. The predicted octanol–water partition coefficient (Wildman–Crippen LogP) is 4.85. The highest BCUT2D eigenvalue weighted by atomic mass is 16.5. The molecule has 1 aliphatic carbocycles. The number of carbonyl (C=O) groups excluding carboxylic acids is 2. The molecule has 0 spiro atoms. The van der Waals surface area contributed by atoms with Crippen LogP contribution in [0.2, 0.25) is 0 Å². The third-order valence-corrected chi connectivity index (χ3v) is 5.43. The highest BCUT2D eigenvalue weighted by molar-refractivity contribution is 6.10. The van der Waals surface area contributed by atoms with E-state index in [2.05, 4.69) is 4.98 Å². The predicted molar refractivity (Wildman–Crippen MR) is 112 cm³/mol. The zero-order chi connectivity index (χ0) is 20.8. The summed E-state index contributed by atoms with van der Waals surface area (Å²) in [6.07, 6.45) is 1.04. The van der Waals surface area contributed by atoms with Crippen molar-refractivity contribution in [2.24, 2.45) is 5.41 Å². The van der Waals surface area contributed by atoms with E-state index in [1.807, 2.05) is 50.2 Å². The Morgan fingerprint density at radius 2 is 1.79 bits per heavy atom. The van der Waals surface area contributed by atoms with Gasteiger partial charge in [0, 0.05) is 23.1 Å². The molecule has 1 aromatic heterocycles. The van der Waals surface area contributed by atoms with Gasteiger partial charge in [-0.15, -0.1) is 0 Å². The van der Waals surface area contributed by atoms with E-state index in [1.54, 1.807) is 13.2 Å². The Kier molecular flexibility index (Phi) is 4.61.